The summed E-state index contributed by atoms with van der Waals surface area (Å²) in [6.45, 7) is 4.59. The van der Waals surface area contributed by atoms with Crippen LogP contribution in [0.25, 0.3) is 10.9 Å². The topological polar surface area (TPSA) is 107 Å². The first-order chi connectivity index (χ1) is 15.4. The number of fused-ring (bicyclic) bond motifs is 3. The largest absolute Gasteiger partial charge is 0.335 e. The summed E-state index contributed by atoms with van der Waals surface area (Å²) in [5.41, 5.74) is 2.02. The molecule has 9 nitrogen and oxygen atoms in total. The summed E-state index contributed by atoms with van der Waals surface area (Å²) >= 11 is 0. The van der Waals surface area contributed by atoms with Crippen molar-refractivity contribution >= 4 is 38.5 Å². The summed E-state index contributed by atoms with van der Waals surface area (Å²) in [6.07, 6.45) is 3.24. The Morgan fingerprint density at radius 3 is 2.66 bits per heavy atom. The van der Waals surface area contributed by atoms with Gasteiger partial charge in [-0.1, -0.05) is 12.1 Å². The Kier molecular flexibility index (Phi) is 4.45. The Hall–Kier alpha value is -2.72. The predicted molar refractivity (Wildman–Crippen MR) is 124 cm³/mol. The van der Waals surface area contributed by atoms with E-state index < -0.39 is 15.3 Å². The second-order valence-corrected chi connectivity index (χ2v) is 11.8. The van der Waals surface area contributed by atoms with Gasteiger partial charge in [0.05, 0.1) is 10.8 Å². The van der Waals surface area contributed by atoms with Gasteiger partial charge in [0.15, 0.2) is 5.82 Å². The number of nitrogens with zero attached hydrogens (tertiary/aromatic N) is 5. The van der Waals surface area contributed by atoms with E-state index in [1.54, 1.807) is 18.2 Å². The van der Waals surface area contributed by atoms with Crippen LogP contribution in [-0.4, -0.2) is 63.3 Å². The molecule has 6 rings (SSSR count). The molecule has 1 saturated carbocycles. The van der Waals surface area contributed by atoms with E-state index >= 15 is 0 Å². The van der Waals surface area contributed by atoms with Gasteiger partial charge in [-0.15, -0.1) is 0 Å². The van der Waals surface area contributed by atoms with Crippen LogP contribution < -0.4 is 10.2 Å². The zero-order valence-electron chi connectivity index (χ0n) is 18.2. The van der Waals surface area contributed by atoms with Crippen molar-refractivity contribution in [1.29, 1.82) is 0 Å². The minimum atomic E-state index is -3.25. The van der Waals surface area contributed by atoms with Crippen molar-refractivity contribution in [1.82, 2.24) is 24.5 Å². The average molecular weight is 454 g/mol. The number of para-hydroxylation sites is 1. The molecule has 0 radical (unpaired) electrons. The van der Waals surface area contributed by atoms with Gasteiger partial charge in [-0.2, -0.15) is 14.4 Å². The van der Waals surface area contributed by atoms with Gasteiger partial charge < -0.3 is 10.2 Å². The SMILES string of the molecule is CC(C)S(=O)(=O)N1CC2CC1CN2c1nc(Nc2cc(C3CC3)[nH]n2)c2ccccc2n1. The number of sulfonamides is 1. The predicted octanol–water partition coefficient (Wildman–Crippen LogP) is 2.98. The van der Waals surface area contributed by atoms with Crippen molar-refractivity contribution in [2.75, 3.05) is 23.3 Å². The minimum absolute atomic E-state index is 0.0219. The number of aromatic amines is 1. The first-order valence-corrected chi connectivity index (χ1v) is 12.8. The lowest BCUT2D eigenvalue weighted by Crippen LogP contribution is -2.50. The Labute approximate surface area is 187 Å². The van der Waals surface area contributed by atoms with E-state index in [2.05, 4.69) is 26.5 Å². The van der Waals surface area contributed by atoms with E-state index in [9.17, 15) is 8.42 Å². The molecular formula is C22H27N7O2S. The summed E-state index contributed by atoms with van der Waals surface area (Å²) in [5.74, 6) is 2.70. The average Bonchev–Trinajstić information content (AvgIpc) is 3.19. The lowest BCUT2D eigenvalue weighted by Gasteiger charge is -2.34. The molecule has 2 N–H and O–H groups in total. The number of nitrogens with one attached hydrogen (secondary N) is 2. The Balaban J connectivity index is 1.31. The lowest BCUT2D eigenvalue weighted by atomic mass is 10.2. The normalized spacial score (nSPS) is 23.5. The Morgan fingerprint density at radius 2 is 1.94 bits per heavy atom. The van der Waals surface area contributed by atoms with Crippen LogP contribution >= 0.6 is 0 Å². The molecule has 1 aliphatic carbocycles. The van der Waals surface area contributed by atoms with Crippen LogP contribution in [0, 0.1) is 0 Å². The van der Waals surface area contributed by atoms with Gasteiger partial charge in [-0.05, 0) is 45.2 Å². The smallest absolute Gasteiger partial charge is 0.228 e. The van der Waals surface area contributed by atoms with Crippen LogP contribution in [0.2, 0.25) is 0 Å². The summed E-state index contributed by atoms with van der Waals surface area (Å²) in [4.78, 5) is 11.9. The number of hydrogen-bond donors (Lipinski definition) is 2. The number of anilines is 3. The third-order valence-corrected chi connectivity index (χ3v) is 9.11. The third kappa shape index (κ3) is 3.24. The van der Waals surface area contributed by atoms with Crippen molar-refractivity contribution in [2.24, 2.45) is 0 Å². The molecule has 2 bridgehead atoms. The van der Waals surface area contributed by atoms with Gasteiger partial charge in [0.1, 0.15) is 5.82 Å². The number of piperazine rings is 1. The molecule has 2 aliphatic heterocycles. The van der Waals surface area contributed by atoms with E-state index in [1.165, 1.54) is 12.8 Å². The van der Waals surface area contributed by atoms with Gasteiger partial charge in [-0.3, -0.25) is 5.10 Å². The molecule has 3 fully saturated rings. The highest BCUT2D eigenvalue weighted by atomic mass is 32.2. The zero-order valence-corrected chi connectivity index (χ0v) is 19.0. The van der Waals surface area contributed by atoms with E-state index in [-0.39, 0.29) is 12.1 Å². The molecule has 3 aromatic rings. The number of hydrogen-bond acceptors (Lipinski definition) is 7. The minimum Gasteiger partial charge on any atom is -0.335 e. The van der Waals surface area contributed by atoms with Gasteiger partial charge in [0.25, 0.3) is 0 Å². The van der Waals surface area contributed by atoms with Gasteiger partial charge >= 0.3 is 0 Å². The van der Waals surface area contributed by atoms with Crippen molar-refractivity contribution < 1.29 is 8.42 Å². The number of H-pyrrole nitrogens is 1. The fourth-order valence-corrected chi connectivity index (χ4v) is 6.36. The second kappa shape index (κ2) is 7.14. The van der Waals surface area contributed by atoms with Crippen molar-refractivity contribution in [3.63, 3.8) is 0 Å². The van der Waals surface area contributed by atoms with E-state index in [1.807, 2.05) is 24.3 Å². The van der Waals surface area contributed by atoms with Crippen molar-refractivity contribution in [2.45, 2.75) is 56.4 Å². The molecule has 2 atom stereocenters. The highest BCUT2D eigenvalue weighted by Gasteiger charge is 2.49. The first kappa shape index (κ1) is 19.9. The van der Waals surface area contributed by atoms with Gasteiger partial charge in [0.2, 0.25) is 16.0 Å². The number of rotatable bonds is 6. The summed E-state index contributed by atoms with van der Waals surface area (Å²) in [5, 5.41) is 11.4. The molecular weight excluding hydrogens is 426 g/mol. The van der Waals surface area contributed by atoms with E-state index in [0.717, 1.165) is 28.8 Å². The summed E-state index contributed by atoms with van der Waals surface area (Å²) < 4.78 is 27.1. The molecule has 168 valence electrons. The molecule has 2 saturated heterocycles. The molecule has 10 heteroatoms. The Bertz CT molecular complexity index is 1280. The maximum Gasteiger partial charge on any atom is 0.228 e. The Morgan fingerprint density at radius 1 is 1.12 bits per heavy atom. The van der Waals surface area contributed by atoms with Crippen molar-refractivity contribution in [3.05, 3.63) is 36.0 Å². The van der Waals surface area contributed by atoms with E-state index in [4.69, 9.17) is 9.97 Å². The van der Waals surface area contributed by atoms with Crippen LogP contribution in [-0.2, 0) is 10.0 Å². The molecule has 2 aromatic heterocycles. The summed E-state index contributed by atoms with van der Waals surface area (Å²) in [7, 11) is -3.25. The van der Waals surface area contributed by atoms with Crippen LogP contribution in [0.4, 0.5) is 17.6 Å². The van der Waals surface area contributed by atoms with E-state index in [0.29, 0.717) is 30.8 Å². The maximum atomic E-state index is 12.7. The highest BCUT2D eigenvalue weighted by Crippen LogP contribution is 2.40. The lowest BCUT2D eigenvalue weighted by molar-refractivity contribution is 0.363. The fourth-order valence-electron chi connectivity index (χ4n) is 4.87. The molecule has 32 heavy (non-hydrogen) atoms. The quantitative estimate of drug-likeness (QED) is 0.591. The van der Waals surface area contributed by atoms with Crippen LogP contribution in [0.15, 0.2) is 30.3 Å². The monoisotopic (exact) mass is 453 g/mol. The number of benzene rings is 1. The van der Waals surface area contributed by atoms with Crippen LogP contribution in [0.5, 0.6) is 0 Å². The molecule has 0 spiro atoms. The van der Waals surface area contributed by atoms with Crippen LogP contribution in [0.1, 0.15) is 44.7 Å². The summed E-state index contributed by atoms with van der Waals surface area (Å²) in [6, 6.07) is 10.1. The van der Waals surface area contributed by atoms with Crippen LogP contribution in [0.3, 0.4) is 0 Å². The molecule has 2 unspecified atom stereocenters. The highest BCUT2D eigenvalue weighted by molar-refractivity contribution is 7.89. The number of aromatic nitrogens is 4. The molecule has 1 aromatic carbocycles. The molecule has 3 aliphatic rings. The zero-order chi connectivity index (χ0) is 22.0. The van der Waals surface area contributed by atoms with Gasteiger partial charge in [-0.25, -0.2) is 13.4 Å². The molecule has 4 heterocycles. The molecule has 0 amide bonds. The standard InChI is InChI=1S/C22H27N7O2S/c1-13(2)32(30,31)29-12-15-9-16(29)11-28(15)22-23-18-6-4-3-5-17(18)21(25-22)24-20-10-19(26-27-20)14-7-8-14/h3-6,10,13-16H,7-9,11-12H2,1-2H3,(H2,23,24,25,26,27). The van der Waals surface area contributed by atoms with Gasteiger partial charge in [0, 0.05) is 48.2 Å². The maximum absolute atomic E-state index is 12.7. The third-order valence-electron chi connectivity index (χ3n) is 6.82. The fraction of sp³-hybridized carbons (Fsp3) is 0.500. The second-order valence-electron chi connectivity index (χ2n) is 9.36. The first-order valence-electron chi connectivity index (χ1n) is 11.3. The van der Waals surface area contributed by atoms with Crippen molar-refractivity contribution in [3.8, 4) is 0 Å².